The summed E-state index contributed by atoms with van der Waals surface area (Å²) in [6, 6.07) is 0.998. The van der Waals surface area contributed by atoms with Crippen LogP contribution >= 0.6 is 0 Å². The molecule has 0 radical (unpaired) electrons. The van der Waals surface area contributed by atoms with Gasteiger partial charge in [-0.05, 0) is 32.2 Å². The van der Waals surface area contributed by atoms with Crippen molar-refractivity contribution < 1.29 is 4.79 Å². The standard InChI is InChI=1S/C10H17NO/c1-3-10(12)9-6-7-4-5-8(7)11(9)2/h7-9H,3-6H2,1-2H3. The molecule has 68 valence electrons. The van der Waals surface area contributed by atoms with Crippen LogP contribution in [0.1, 0.15) is 32.6 Å². The summed E-state index contributed by atoms with van der Waals surface area (Å²) in [4.78, 5) is 13.8. The number of likely N-dealkylation sites (tertiary alicyclic amines) is 1. The molecule has 0 amide bonds. The largest absolute Gasteiger partial charge is 0.298 e. The van der Waals surface area contributed by atoms with E-state index in [9.17, 15) is 4.79 Å². The Kier molecular flexibility index (Phi) is 1.95. The molecule has 0 aromatic rings. The van der Waals surface area contributed by atoms with Gasteiger partial charge in [0.2, 0.25) is 0 Å². The van der Waals surface area contributed by atoms with Crippen LogP contribution in [0, 0.1) is 5.92 Å². The van der Waals surface area contributed by atoms with Gasteiger partial charge in [-0.1, -0.05) is 6.92 Å². The molecule has 2 heteroatoms. The number of Topliss-reactive ketones (excluding diaryl/α,β-unsaturated/α-hetero) is 1. The van der Waals surface area contributed by atoms with Crippen LogP contribution in [-0.4, -0.2) is 29.8 Å². The van der Waals surface area contributed by atoms with E-state index in [1.807, 2.05) is 6.92 Å². The van der Waals surface area contributed by atoms with Gasteiger partial charge >= 0.3 is 0 Å². The van der Waals surface area contributed by atoms with Crippen LogP contribution in [0.15, 0.2) is 0 Å². The molecule has 0 bridgehead atoms. The van der Waals surface area contributed by atoms with Crippen molar-refractivity contribution in [2.45, 2.75) is 44.7 Å². The van der Waals surface area contributed by atoms with Crippen LogP contribution in [0.4, 0.5) is 0 Å². The van der Waals surface area contributed by atoms with Gasteiger partial charge < -0.3 is 0 Å². The molecule has 0 aromatic heterocycles. The number of fused-ring (bicyclic) bond motifs is 1. The first-order valence-corrected chi connectivity index (χ1v) is 4.98. The highest BCUT2D eigenvalue weighted by atomic mass is 16.1. The number of nitrogens with zero attached hydrogens (tertiary/aromatic N) is 1. The summed E-state index contributed by atoms with van der Waals surface area (Å²) >= 11 is 0. The molecule has 1 saturated heterocycles. The zero-order chi connectivity index (χ0) is 8.72. The van der Waals surface area contributed by atoms with Gasteiger partial charge in [-0.3, -0.25) is 9.69 Å². The highest BCUT2D eigenvalue weighted by Gasteiger charge is 2.46. The van der Waals surface area contributed by atoms with E-state index in [1.165, 1.54) is 12.8 Å². The zero-order valence-corrected chi connectivity index (χ0v) is 7.92. The minimum atomic E-state index is 0.257. The summed E-state index contributed by atoms with van der Waals surface area (Å²) in [6.07, 6.45) is 4.50. The molecule has 2 nitrogen and oxygen atoms in total. The van der Waals surface area contributed by atoms with Crippen LogP contribution in [0.5, 0.6) is 0 Å². The fourth-order valence-corrected chi connectivity index (χ4v) is 2.64. The topological polar surface area (TPSA) is 20.3 Å². The summed E-state index contributed by atoms with van der Waals surface area (Å²) in [7, 11) is 2.11. The van der Waals surface area contributed by atoms with Gasteiger partial charge in [0.05, 0.1) is 6.04 Å². The van der Waals surface area contributed by atoms with Crippen molar-refractivity contribution in [1.29, 1.82) is 0 Å². The molecule has 1 saturated carbocycles. The number of carbonyl (C=O) groups excluding carboxylic acids is 1. The molecule has 1 aliphatic carbocycles. The number of hydrogen-bond donors (Lipinski definition) is 0. The second-order valence-electron chi connectivity index (χ2n) is 4.14. The lowest BCUT2D eigenvalue weighted by atomic mass is 9.80. The van der Waals surface area contributed by atoms with E-state index in [4.69, 9.17) is 0 Å². The van der Waals surface area contributed by atoms with E-state index < -0.39 is 0 Å². The molecule has 0 spiro atoms. The molecular weight excluding hydrogens is 150 g/mol. The van der Waals surface area contributed by atoms with Crippen molar-refractivity contribution in [3.8, 4) is 0 Å². The Morgan fingerprint density at radius 2 is 2.25 bits per heavy atom. The first-order valence-electron chi connectivity index (χ1n) is 4.98. The van der Waals surface area contributed by atoms with E-state index in [2.05, 4.69) is 11.9 Å². The second kappa shape index (κ2) is 2.84. The maximum absolute atomic E-state index is 11.5. The quantitative estimate of drug-likeness (QED) is 0.620. The Labute approximate surface area is 73.9 Å². The highest BCUT2D eigenvalue weighted by molar-refractivity contribution is 5.84. The lowest BCUT2D eigenvalue weighted by molar-refractivity contribution is -0.123. The van der Waals surface area contributed by atoms with Crippen LogP contribution in [-0.2, 0) is 4.79 Å². The van der Waals surface area contributed by atoms with Crippen molar-refractivity contribution in [2.75, 3.05) is 7.05 Å². The smallest absolute Gasteiger partial charge is 0.149 e. The predicted molar refractivity (Wildman–Crippen MR) is 48.0 cm³/mol. The van der Waals surface area contributed by atoms with E-state index in [0.717, 1.165) is 18.4 Å². The molecule has 3 unspecified atom stereocenters. The van der Waals surface area contributed by atoms with E-state index >= 15 is 0 Å². The summed E-state index contributed by atoms with van der Waals surface area (Å²) in [6.45, 7) is 1.97. The predicted octanol–water partition coefficient (Wildman–Crippen LogP) is 1.45. The maximum Gasteiger partial charge on any atom is 0.149 e. The minimum absolute atomic E-state index is 0.257. The van der Waals surface area contributed by atoms with Gasteiger partial charge in [-0.15, -0.1) is 0 Å². The molecular formula is C10H17NO. The summed E-state index contributed by atoms with van der Waals surface area (Å²) in [5, 5.41) is 0. The van der Waals surface area contributed by atoms with Crippen molar-refractivity contribution >= 4 is 5.78 Å². The molecule has 3 atom stereocenters. The van der Waals surface area contributed by atoms with Gasteiger partial charge in [0.15, 0.2) is 0 Å². The monoisotopic (exact) mass is 167 g/mol. The Morgan fingerprint density at radius 1 is 1.50 bits per heavy atom. The van der Waals surface area contributed by atoms with Gasteiger partial charge in [0, 0.05) is 12.5 Å². The molecule has 2 aliphatic rings. The molecule has 2 rings (SSSR count). The third-order valence-electron chi connectivity index (χ3n) is 3.64. The van der Waals surface area contributed by atoms with Crippen molar-refractivity contribution in [2.24, 2.45) is 5.92 Å². The number of carbonyl (C=O) groups is 1. The molecule has 2 fully saturated rings. The van der Waals surface area contributed by atoms with E-state index in [1.54, 1.807) is 0 Å². The zero-order valence-electron chi connectivity index (χ0n) is 7.92. The Bertz CT molecular complexity index is 202. The van der Waals surface area contributed by atoms with Crippen LogP contribution in [0.3, 0.4) is 0 Å². The molecule has 12 heavy (non-hydrogen) atoms. The van der Waals surface area contributed by atoms with Crippen molar-refractivity contribution in [3.63, 3.8) is 0 Å². The number of hydrogen-bond acceptors (Lipinski definition) is 2. The van der Waals surface area contributed by atoms with Crippen LogP contribution in [0.25, 0.3) is 0 Å². The first kappa shape index (κ1) is 8.24. The fraction of sp³-hybridized carbons (Fsp3) is 0.900. The number of ketones is 1. The van der Waals surface area contributed by atoms with Crippen LogP contribution in [0.2, 0.25) is 0 Å². The van der Waals surface area contributed by atoms with Gasteiger partial charge in [0.1, 0.15) is 5.78 Å². The van der Waals surface area contributed by atoms with Gasteiger partial charge in [-0.25, -0.2) is 0 Å². The Balaban J connectivity index is 2.04. The van der Waals surface area contributed by atoms with E-state index in [0.29, 0.717) is 12.2 Å². The summed E-state index contributed by atoms with van der Waals surface area (Å²) in [5.74, 6) is 1.28. The fourth-order valence-electron chi connectivity index (χ4n) is 2.64. The van der Waals surface area contributed by atoms with Crippen molar-refractivity contribution in [3.05, 3.63) is 0 Å². The lowest BCUT2D eigenvalue weighted by Gasteiger charge is -2.34. The SMILES string of the molecule is CCC(=O)C1CC2CCC2N1C. The molecule has 0 aromatic carbocycles. The summed E-state index contributed by atoms with van der Waals surface area (Å²) in [5.41, 5.74) is 0. The summed E-state index contributed by atoms with van der Waals surface area (Å²) < 4.78 is 0. The van der Waals surface area contributed by atoms with Gasteiger partial charge in [-0.2, -0.15) is 0 Å². The van der Waals surface area contributed by atoms with Crippen molar-refractivity contribution in [1.82, 2.24) is 4.90 Å². The number of likely N-dealkylation sites (N-methyl/N-ethyl adjacent to an activating group) is 1. The average molecular weight is 167 g/mol. The Morgan fingerprint density at radius 3 is 2.58 bits per heavy atom. The molecule has 1 aliphatic heterocycles. The van der Waals surface area contributed by atoms with Crippen LogP contribution < -0.4 is 0 Å². The molecule has 1 heterocycles. The first-order chi connectivity index (χ1) is 5.74. The average Bonchev–Trinajstić information content (AvgIpc) is 2.22. The normalized spacial score (nSPS) is 40.7. The highest BCUT2D eigenvalue weighted by Crippen LogP contribution is 2.42. The second-order valence-corrected chi connectivity index (χ2v) is 4.14. The van der Waals surface area contributed by atoms with Gasteiger partial charge in [0.25, 0.3) is 0 Å². The third kappa shape index (κ3) is 1.01. The molecule has 0 N–H and O–H groups in total. The minimum Gasteiger partial charge on any atom is -0.298 e. The maximum atomic E-state index is 11.5. The van der Waals surface area contributed by atoms with E-state index in [-0.39, 0.29) is 6.04 Å². The number of rotatable bonds is 2. The third-order valence-corrected chi connectivity index (χ3v) is 3.64. The Hall–Kier alpha value is -0.370. The lowest BCUT2D eigenvalue weighted by Crippen LogP contribution is -2.41.